The molecular formula is C15H14FNO2. The lowest BCUT2D eigenvalue weighted by molar-refractivity contribution is -0.117. The molecule has 0 saturated carbocycles. The van der Waals surface area contributed by atoms with Crippen LogP contribution in [0.25, 0.3) is 6.08 Å². The highest BCUT2D eigenvalue weighted by Gasteiger charge is 2.09. The number of carbonyl (C=O) groups excluding carboxylic acids is 1. The second-order valence-electron chi connectivity index (χ2n) is 4.10. The fourth-order valence-corrected chi connectivity index (χ4v) is 1.65. The van der Waals surface area contributed by atoms with Crippen molar-refractivity contribution >= 4 is 12.0 Å². The van der Waals surface area contributed by atoms with Crippen LogP contribution in [0, 0.1) is 5.82 Å². The molecule has 98 valence electrons. The van der Waals surface area contributed by atoms with Crippen molar-refractivity contribution in [3.8, 4) is 0 Å². The van der Waals surface area contributed by atoms with Crippen molar-refractivity contribution in [2.75, 3.05) is 0 Å². The van der Waals surface area contributed by atoms with Gasteiger partial charge in [-0.3, -0.25) is 4.79 Å². The highest BCUT2D eigenvalue weighted by atomic mass is 19.1. The van der Waals surface area contributed by atoms with E-state index in [9.17, 15) is 9.18 Å². The lowest BCUT2D eigenvalue weighted by Crippen LogP contribution is -2.24. The summed E-state index contributed by atoms with van der Waals surface area (Å²) in [4.78, 5) is 11.7. The number of hydrogen-bond donors (Lipinski definition) is 1. The van der Waals surface area contributed by atoms with Crippen molar-refractivity contribution in [3.05, 3.63) is 65.9 Å². The van der Waals surface area contributed by atoms with E-state index in [1.807, 2.05) is 6.92 Å². The molecule has 1 atom stereocenters. The molecule has 0 radical (unpaired) electrons. The minimum absolute atomic E-state index is 0.229. The quantitative estimate of drug-likeness (QED) is 0.856. The predicted molar refractivity (Wildman–Crippen MR) is 70.7 cm³/mol. The average Bonchev–Trinajstić information content (AvgIpc) is 2.91. The van der Waals surface area contributed by atoms with Crippen LogP contribution in [0.15, 0.2) is 53.2 Å². The van der Waals surface area contributed by atoms with Gasteiger partial charge >= 0.3 is 0 Å². The molecule has 0 aliphatic rings. The zero-order valence-electron chi connectivity index (χ0n) is 10.5. The summed E-state index contributed by atoms with van der Waals surface area (Å²) in [6, 6.07) is 9.59. The summed E-state index contributed by atoms with van der Waals surface area (Å²) >= 11 is 0. The van der Waals surface area contributed by atoms with E-state index in [0.29, 0.717) is 11.3 Å². The van der Waals surface area contributed by atoms with Crippen LogP contribution in [-0.4, -0.2) is 5.91 Å². The molecule has 19 heavy (non-hydrogen) atoms. The summed E-state index contributed by atoms with van der Waals surface area (Å²) < 4.78 is 18.5. The topological polar surface area (TPSA) is 42.2 Å². The molecule has 1 aromatic heterocycles. The van der Waals surface area contributed by atoms with Gasteiger partial charge in [-0.2, -0.15) is 0 Å². The Hall–Kier alpha value is -2.36. The van der Waals surface area contributed by atoms with E-state index in [4.69, 9.17) is 4.42 Å². The third kappa shape index (κ3) is 3.55. The highest BCUT2D eigenvalue weighted by molar-refractivity contribution is 5.91. The van der Waals surface area contributed by atoms with Gasteiger partial charge in [0.2, 0.25) is 5.91 Å². The summed E-state index contributed by atoms with van der Waals surface area (Å²) in [5.74, 6) is 0.0189. The molecule has 0 unspecified atom stereocenters. The van der Waals surface area contributed by atoms with Gasteiger partial charge in [-0.25, -0.2) is 4.39 Å². The fourth-order valence-electron chi connectivity index (χ4n) is 1.65. The van der Waals surface area contributed by atoms with Crippen LogP contribution in [0.1, 0.15) is 24.3 Å². The normalized spacial score (nSPS) is 12.5. The molecule has 3 nitrogen and oxygen atoms in total. The van der Waals surface area contributed by atoms with Crippen LogP contribution < -0.4 is 5.32 Å². The molecular weight excluding hydrogens is 245 g/mol. The Morgan fingerprint density at radius 2 is 2.11 bits per heavy atom. The lowest BCUT2D eigenvalue weighted by Gasteiger charge is -2.08. The summed E-state index contributed by atoms with van der Waals surface area (Å²) in [5.41, 5.74) is 0.378. The highest BCUT2D eigenvalue weighted by Crippen LogP contribution is 2.12. The van der Waals surface area contributed by atoms with Crippen molar-refractivity contribution < 1.29 is 13.6 Å². The Kier molecular flexibility index (Phi) is 4.13. The largest absolute Gasteiger partial charge is 0.467 e. The summed E-state index contributed by atoms with van der Waals surface area (Å²) in [6.45, 7) is 1.81. The third-order valence-corrected chi connectivity index (χ3v) is 2.65. The van der Waals surface area contributed by atoms with E-state index in [0.717, 1.165) is 0 Å². The molecule has 2 rings (SSSR count). The first kappa shape index (κ1) is 13.1. The van der Waals surface area contributed by atoms with E-state index < -0.39 is 0 Å². The second-order valence-corrected chi connectivity index (χ2v) is 4.10. The van der Waals surface area contributed by atoms with Crippen LogP contribution >= 0.6 is 0 Å². The maximum Gasteiger partial charge on any atom is 0.244 e. The number of nitrogens with one attached hydrogen (secondary N) is 1. The number of halogens is 1. The first-order chi connectivity index (χ1) is 9.16. The Morgan fingerprint density at radius 1 is 1.32 bits per heavy atom. The molecule has 0 spiro atoms. The number of rotatable bonds is 4. The van der Waals surface area contributed by atoms with Crippen molar-refractivity contribution in [1.82, 2.24) is 5.32 Å². The maximum atomic E-state index is 13.3. The van der Waals surface area contributed by atoms with Crippen LogP contribution in [0.2, 0.25) is 0 Å². The fraction of sp³-hybridized carbons (Fsp3) is 0.133. The van der Waals surface area contributed by atoms with E-state index in [1.54, 1.807) is 36.6 Å². The van der Waals surface area contributed by atoms with Crippen molar-refractivity contribution in [3.63, 3.8) is 0 Å². The van der Waals surface area contributed by atoms with Crippen LogP contribution in [-0.2, 0) is 4.79 Å². The molecule has 1 aromatic carbocycles. The molecule has 4 heteroatoms. The summed E-state index contributed by atoms with van der Waals surface area (Å²) in [5, 5.41) is 2.73. The SMILES string of the molecule is C[C@@H](NC(=O)/C=C/c1ccccc1F)c1ccco1. The zero-order valence-corrected chi connectivity index (χ0v) is 10.5. The van der Waals surface area contributed by atoms with Gasteiger partial charge in [0.1, 0.15) is 11.6 Å². The molecule has 1 heterocycles. The molecule has 1 amide bonds. The van der Waals surface area contributed by atoms with Gasteiger partial charge < -0.3 is 9.73 Å². The van der Waals surface area contributed by atoms with Gasteiger partial charge in [0.05, 0.1) is 12.3 Å². The smallest absolute Gasteiger partial charge is 0.244 e. The maximum absolute atomic E-state index is 13.3. The Morgan fingerprint density at radius 3 is 2.79 bits per heavy atom. The minimum Gasteiger partial charge on any atom is -0.467 e. The number of amides is 1. The van der Waals surface area contributed by atoms with Crippen molar-refractivity contribution in [2.24, 2.45) is 0 Å². The number of furan rings is 1. The molecule has 0 aliphatic carbocycles. The van der Waals surface area contributed by atoms with Gasteiger partial charge in [0.15, 0.2) is 0 Å². The van der Waals surface area contributed by atoms with Gasteiger partial charge in [-0.05, 0) is 31.2 Å². The van der Waals surface area contributed by atoms with Gasteiger partial charge in [-0.15, -0.1) is 0 Å². The van der Waals surface area contributed by atoms with E-state index in [-0.39, 0.29) is 17.8 Å². The minimum atomic E-state index is -0.356. The number of carbonyl (C=O) groups is 1. The van der Waals surface area contributed by atoms with Gasteiger partial charge in [-0.1, -0.05) is 18.2 Å². The Bertz CT molecular complexity index is 576. The predicted octanol–water partition coefficient (Wildman–Crippen LogP) is 3.31. The first-order valence-corrected chi connectivity index (χ1v) is 5.93. The van der Waals surface area contributed by atoms with E-state index in [1.165, 1.54) is 18.2 Å². The van der Waals surface area contributed by atoms with Crippen LogP contribution in [0.3, 0.4) is 0 Å². The second kappa shape index (κ2) is 6.00. The molecule has 2 aromatic rings. The molecule has 1 N–H and O–H groups in total. The van der Waals surface area contributed by atoms with Crippen molar-refractivity contribution in [1.29, 1.82) is 0 Å². The molecule has 0 saturated heterocycles. The Balaban J connectivity index is 1.96. The lowest BCUT2D eigenvalue weighted by atomic mass is 10.2. The molecule has 0 bridgehead atoms. The van der Waals surface area contributed by atoms with E-state index in [2.05, 4.69) is 5.32 Å². The average molecular weight is 259 g/mol. The third-order valence-electron chi connectivity index (χ3n) is 2.65. The van der Waals surface area contributed by atoms with Gasteiger partial charge in [0.25, 0.3) is 0 Å². The first-order valence-electron chi connectivity index (χ1n) is 5.93. The van der Waals surface area contributed by atoms with Crippen molar-refractivity contribution in [2.45, 2.75) is 13.0 Å². The van der Waals surface area contributed by atoms with Crippen LogP contribution in [0.4, 0.5) is 4.39 Å². The Labute approximate surface area is 110 Å². The number of benzene rings is 1. The summed E-state index contributed by atoms with van der Waals surface area (Å²) in [7, 11) is 0. The molecule has 0 fully saturated rings. The standard InChI is InChI=1S/C15H14FNO2/c1-11(14-7-4-10-19-14)17-15(18)9-8-12-5-2-3-6-13(12)16/h2-11H,1H3,(H,17,18)/b9-8+/t11-/m1/s1. The summed E-state index contributed by atoms with van der Waals surface area (Å²) in [6.07, 6.45) is 4.30. The van der Waals surface area contributed by atoms with E-state index >= 15 is 0 Å². The van der Waals surface area contributed by atoms with Gasteiger partial charge in [0, 0.05) is 11.6 Å². The zero-order chi connectivity index (χ0) is 13.7. The molecule has 0 aliphatic heterocycles. The monoisotopic (exact) mass is 259 g/mol. The van der Waals surface area contributed by atoms with Crippen LogP contribution in [0.5, 0.6) is 0 Å². The number of hydrogen-bond acceptors (Lipinski definition) is 2.